The third kappa shape index (κ3) is 3.07. The number of hydrogen-bond acceptors (Lipinski definition) is 4. The first kappa shape index (κ1) is 16.3. The van der Waals surface area contributed by atoms with E-state index in [1.165, 1.54) is 0 Å². The van der Waals surface area contributed by atoms with Crippen LogP contribution in [-0.2, 0) is 9.53 Å². The summed E-state index contributed by atoms with van der Waals surface area (Å²) >= 11 is 0. The Hall–Kier alpha value is -1.12. The number of rotatable bonds is 2. The van der Waals surface area contributed by atoms with Crippen LogP contribution in [0.4, 0.5) is 0 Å². The monoisotopic (exact) mass is 293 g/mol. The summed E-state index contributed by atoms with van der Waals surface area (Å²) in [6, 6.07) is 2.33. The Morgan fingerprint density at radius 2 is 1.71 bits per heavy atom. The highest BCUT2D eigenvalue weighted by molar-refractivity contribution is 5.80. The molecule has 118 valence electrons. The smallest absolute Gasteiger partial charge is 0.228 e. The summed E-state index contributed by atoms with van der Waals surface area (Å²) in [5.41, 5.74) is -0.458. The minimum Gasteiger partial charge on any atom is -0.374 e. The van der Waals surface area contributed by atoms with Crippen LogP contribution >= 0.6 is 0 Å². The minimum absolute atomic E-state index is 0.00363. The maximum atomic E-state index is 12.8. The summed E-state index contributed by atoms with van der Waals surface area (Å²) in [6.07, 6.45) is 0.142. The van der Waals surface area contributed by atoms with Gasteiger partial charge in [0.2, 0.25) is 5.91 Å². The molecule has 2 aliphatic rings. The molecule has 0 spiro atoms. The summed E-state index contributed by atoms with van der Waals surface area (Å²) in [6.45, 7) is 12.9. The maximum Gasteiger partial charge on any atom is 0.228 e. The zero-order valence-corrected chi connectivity index (χ0v) is 13.8. The number of piperazine rings is 1. The molecule has 0 aromatic carbocycles. The molecule has 2 aliphatic heterocycles. The summed E-state index contributed by atoms with van der Waals surface area (Å²) < 4.78 is 5.79. The van der Waals surface area contributed by atoms with E-state index < -0.39 is 5.54 Å². The molecule has 0 aromatic rings. The predicted molar refractivity (Wildman–Crippen MR) is 80.5 cm³/mol. The van der Waals surface area contributed by atoms with Crippen molar-refractivity contribution in [1.82, 2.24) is 9.80 Å². The molecule has 0 saturated carbocycles. The second-order valence-corrected chi connectivity index (χ2v) is 6.91. The maximum absolute atomic E-state index is 12.8. The molecule has 0 aromatic heterocycles. The van der Waals surface area contributed by atoms with Crippen molar-refractivity contribution in [2.75, 3.05) is 26.2 Å². The van der Waals surface area contributed by atoms with Crippen LogP contribution in [0.1, 0.15) is 34.6 Å². The number of carbonyl (C=O) groups is 1. The van der Waals surface area contributed by atoms with Gasteiger partial charge < -0.3 is 9.64 Å². The van der Waals surface area contributed by atoms with Crippen molar-refractivity contribution < 1.29 is 9.53 Å². The largest absolute Gasteiger partial charge is 0.374 e. The quantitative estimate of drug-likeness (QED) is 0.774. The summed E-state index contributed by atoms with van der Waals surface area (Å²) in [5, 5.41) is 9.20. The minimum atomic E-state index is -0.458. The van der Waals surface area contributed by atoms with E-state index in [1.54, 1.807) is 0 Å². The molecule has 2 saturated heterocycles. The number of hydrogen-bond donors (Lipinski definition) is 0. The van der Waals surface area contributed by atoms with E-state index in [0.29, 0.717) is 13.1 Å². The van der Waals surface area contributed by atoms with Crippen LogP contribution in [0.25, 0.3) is 0 Å². The van der Waals surface area contributed by atoms with Crippen LogP contribution in [0.3, 0.4) is 0 Å². The number of nitriles is 1. The first-order valence-electron chi connectivity index (χ1n) is 7.88. The average molecular weight is 293 g/mol. The molecule has 21 heavy (non-hydrogen) atoms. The van der Waals surface area contributed by atoms with E-state index in [9.17, 15) is 10.1 Å². The topological polar surface area (TPSA) is 56.6 Å². The van der Waals surface area contributed by atoms with Gasteiger partial charge >= 0.3 is 0 Å². The van der Waals surface area contributed by atoms with Gasteiger partial charge in [0, 0.05) is 26.2 Å². The zero-order chi connectivity index (χ0) is 15.8. The molecule has 2 rings (SSSR count). The Bertz CT molecular complexity index is 435. The van der Waals surface area contributed by atoms with Crippen molar-refractivity contribution >= 4 is 5.91 Å². The molecule has 4 atom stereocenters. The molecule has 0 bridgehead atoms. The lowest BCUT2D eigenvalue weighted by Crippen LogP contribution is -2.56. The third-order valence-corrected chi connectivity index (χ3v) is 5.18. The van der Waals surface area contributed by atoms with Crippen molar-refractivity contribution in [1.29, 1.82) is 5.26 Å². The Morgan fingerprint density at radius 1 is 1.14 bits per heavy atom. The Balaban J connectivity index is 1.97. The number of nitrogens with zero attached hydrogens (tertiary/aromatic N) is 3. The van der Waals surface area contributed by atoms with E-state index in [-0.39, 0.29) is 30.0 Å². The van der Waals surface area contributed by atoms with Crippen LogP contribution < -0.4 is 0 Å². The van der Waals surface area contributed by atoms with E-state index >= 15 is 0 Å². The van der Waals surface area contributed by atoms with E-state index in [1.807, 2.05) is 32.6 Å². The first-order chi connectivity index (χ1) is 9.77. The van der Waals surface area contributed by atoms with Gasteiger partial charge in [-0.15, -0.1) is 0 Å². The van der Waals surface area contributed by atoms with Gasteiger partial charge in [-0.05, 0) is 33.6 Å². The lowest BCUT2D eigenvalue weighted by Gasteiger charge is -2.41. The van der Waals surface area contributed by atoms with Crippen molar-refractivity contribution in [3.63, 3.8) is 0 Å². The highest BCUT2D eigenvalue weighted by Crippen LogP contribution is 2.33. The van der Waals surface area contributed by atoms with Crippen molar-refractivity contribution in [2.45, 2.75) is 52.4 Å². The Labute approximate surface area is 127 Å². The molecule has 5 heteroatoms. The number of ether oxygens (including phenoxy) is 1. The molecular weight excluding hydrogens is 266 g/mol. The lowest BCUT2D eigenvalue weighted by atomic mass is 9.88. The van der Waals surface area contributed by atoms with Gasteiger partial charge in [-0.3, -0.25) is 9.69 Å². The molecule has 5 nitrogen and oxygen atoms in total. The second-order valence-electron chi connectivity index (χ2n) is 6.91. The summed E-state index contributed by atoms with van der Waals surface area (Å²) in [5.74, 6) is 0.449. The fraction of sp³-hybridized carbons (Fsp3) is 0.875. The zero-order valence-electron chi connectivity index (χ0n) is 13.8. The second kappa shape index (κ2) is 5.94. The van der Waals surface area contributed by atoms with Crippen LogP contribution in [0, 0.1) is 23.2 Å². The van der Waals surface area contributed by atoms with Gasteiger partial charge in [-0.1, -0.05) is 6.92 Å². The van der Waals surface area contributed by atoms with Gasteiger partial charge in [-0.25, -0.2) is 0 Å². The lowest BCUT2D eigenvalue weighted by molar-refractivity contribution is -0.140. The van der Waals surface area contributed by atoms with Crippen LogP contribution in [0.2, 0.25) is 0 Å². The fourth-order valence-electron chi connectivity index (χ4n) is 3.46. The molecule has 0 radical (unpaired) electrons. The van der Waals surface area contributed by atoms with Crippen LogP contribution in [0.5, 0.6) is 0 Å². The van der Waals surface area contributed by atoms with Crippen LogP contribution in [0.15, 0.2) is 0 Å². The Kier molecular flexibility index (Phi) is 4.60. The number of amides is 1. The van der Waals surface area contributed by atoms with Gasteiger partial charge in [0.05, 0.1) is 24.2 Å². The molecule has 2 heterocycles. The Morgan fingerprint density at radius 3 is 2.14 bits per heavy atom. The van der Waals surface area contributed by atoms with Gasteiger partial charge in [0.1, 0.15) is 5.54 Å². The third-order valence-electron chi connectivity index (χ3n) is 5.18. The molecule has 0 aliphatic carbocycles. The first-order valence-corrected chi connectivity index (χ1v) is 7.88. The highest BCUT2D eigenvalue weighted by Gasteiger charge is 2.44. The molecule has 1 amide bonds. The SMILES string of the molecule is CC1OC(C)C(C(=O)N2CCN(C(C)(C)C#N)CC2)C1C. The van der Waals surface area contributed by atoms with E-state index in [0.717, 1.165) is 13.1 Å². The van der Waals surface area contributed by atoms with Gasteiger partial charge in [0.25, 0.3) is 0 Å². The number of carbonyl (C=O) groups excluding carboxylic acids is 1. The normalized spacial score (nSPS) is 34.8. The fourth-order valence-corrected chi connectivity index (χ4v) is 3.46. The van der Waals surface area contributed by atoms with Gasteiger partial charge in [0.15, 0.2) is 0 Å². The standard InChI is InChI=1S/C16H27N3O2/c1-11-12(2)21-13(3)14(11)15(20)18-6-8-19(9-7-18)16(4,5)10-17/h11-14H,6-9H2,1-5H3. The van der Waals surface area contributed by atoms with Crippen molar-refractivity contribution in [3.05, 3.63) is 0 Å². The molecule has 2 fully saturated rings. The summed E-state index contributed by atoms with van der Waals surface area (Å²) in [7, 11) is 0. The van der Waals surface area contributed by atoms with Gasteiger partial charge in [-0.2, -0.15) is 5.26 Å². The van der Waals surface area contributed by atoms with Crippen LogP contribution in [-0.4, -0.2) is 59.6 Å². The predicted octanol–water partition coefficient (Wildman–Crippen LogP) is 1.49. The van der Waals surface area contributed by atoms with Crippen molar-refractivity contribution in [3.8, 4) is 6.07 Å². The molecular formula is C16H27N3O2. The molecule has 0 N–H and O–H groups in total. The van der Waals surface area contributed by atoms with Crippen molar-refractivity contribution in [2.24, 2.45) is 11.8 Å². The average Bonchev–Trinajstić information content (AvgIpc) is 2.71. The van der Waals surface area contributed by atoms with E-state index in [2.05, 4.69) is 17.9 Å². The highest BCUT2D eigenvalue weighted by atomic mass is 16.5. The summed E-state index contributed by atoms with van der Waals surface area (Å²) in [4.78, 5) is 16.9. The molecule has 4 unspecified atom stereocenters. The van der Waals surface area contributed by atoms with E-state index in [4.69, 9.17) is 4.74 Å².